The fourth-order valence-electron chi connectivity index (χ4n) is 1.17. The Labute approximate surface area is 78.0 Å². The van der Waals surface area contributed by atoms with E-state index < -0.39 is 0 Å². The summed E-state index contributed by atoms with van der Waals surface area (Å²) in [5, 5.41) is 0. The van der Waals surface area contributed by atoms with E-state index in [-0.39, 0.29) is 18.2 Å². The predicted molar refractivity (Wildman–Crippen MR) is 49.2 cm³/mol. The lowest BCUT2D eigenvalue weighted by Crippen LogP contribution is -2.27. The van der Waals surface area contributed by atoms with Crippen molar-refractivity contribution in [2.75, 3.05) is 6.61 Å². The van der Waals surface area contributed by atoms with Gasteiger partial charge in [-0.1, -0.05) is 12.2 Å². The molecule has 1 heterocycles. The topological polar surface area (TPSA) is 35.5 Å². The van der Waals surface area contributed by atoms with Crippen molar-refractivity contribution in [2.45, 2.75) is 25.6 Å². The van der Waals surface area contributed by atoms with Gasteiger partial charge in [0.05, 0.1) is 12.7 Å². The molecule has 1 aliphatic rings. The fraction of sp³-hybridized carbons (Fsp3) is 0.500. The van der Waals surface area contributed by atoms with Crippen molar-refractivity contribution in [3.63, 3.8) is 0 Å². The molecular formula is C10H14O3. The molecule has 0 spiro atoms. The van der Waals surface area contributed by atoms with Crippen molar-refractivity contribution in [1.29, 1.82) is 0 Å². The van der Waals surface area contributed by atoms with Gasteiger partial charge in [0, 0.05) is 6.92 Å². The Morgan fingerprint density at radius 3 is 3.00 bits per heavy atom. The normalized spacial score (nSPS) is 26.8. The second-order valence-corrected chi connectivity index (χ2v) is 2.93. The van der Waals surface area contributed by atoms with E-state index in [1.807, 2.05) is 12.2 Å². The zero-order chi connectivity index (χ0) is 9.68. The Kier molecular flexibility index (Phi) is 3.71. The number of hydrogen-bond acceptors (Lipinski definition) is 3. The zero-order valence-corrected chi connectivity index (χ0v) is 7.73. The first-order valence-corrected chi connectivity index (χ1v) is 4.30. The molecule has 0 amide bonds. The van der Waals surface area contributed by atoms with Gasteiger partial charge in [0.25, 0.3) is 0 Å². The lowest BCUT2D eigenvalue weighted by Gasteiger charge is -2.22. The van der Waals surface area contributed by atoms with Crippen LogP contribution in [0.2, 0.25) is 0 Å². The Morgan fingerprint density at radius 1 is 1.77 bits per heavy atom. The van der Waals surface area contributed by atoms with Crippen LogP contribution in [0.3, 0.4) is 0 Å². The number of esters is 1. The van der Waals surface area contributed by atoms with Gasteiger partial charge < -0.3 is 9.47 Å². The zero-order valence-electron chi connectivity index (χ0n) is 7.73. The maximum Gasteiger partial charge on any atom is 0.303 e. The molecule has 13 heavy (non-hydrogen) atoms. The standard InChI is InChI=1S/C10H14O3/c1-3-4-9-5-6-10(7-12-9)13-8(2)11/h3,5-6,9-10H,1,4,7H2,2H3/t9-,10+/m1/s1. The number of ether oxygens (including phenoxy) is 2. The highest BCUT2D eigenvalue weighted by Crippen LogP contribution is 2.11. The van der Waals surface area contributed by atoms with Gasteiger partial charge in [-0.3, -0.25) is 4.79 Å². The summed E-state index contributed by atoms with van der Waals surface area (Å²) in [7, 11) is 0. The third-order valence-electron chi connectivity index (χ3n) is 1.73. The van der Waals surface area contributed by atoms with Gasteiger partial charge in [0.2, 0.25) is 0 Å². The van der Waals surface area contributed by atoms with E-state index in [0.717, 1.165) is 6.42 Å². The molecule has 0 N–H and O–H groups in total. The van der Waals surface area contributed by atoms with Gasteiger partial charge in [0.15, 0.2) is 0 Å². The van der Waals surface area contributed by atoms with Crippen molar-refractivity contribution in [3.05, 3.63) is 24.8 Å². The second kappa shape index (κ2) is 4.82. The van der Waals surface area contributed by atoms with Gasteiger partial charge in [-0.15, -0.1) is 6.58 Å². The predicted octanol–water partition coefficient (Wildman–Crippen LogP) is 1.45. The number of carbonyl (C=O) groups is 1. The SMILES string of the molecule is C=CC[C@@H]1C=C[C@H](OC(C)=O)CO1. The minimum atomic E-state index is -0.277. The lowest BCUT2D eigenvalue weighted by atomic mass is 10.1. The van der Waals surface area contributed by atoms with Crippen molar-refractivity contribution in [3.8, 4) is 0 Å². The molecule has 1 aliphatic heterocycles. The molecule has 0 fully saturated rings. The molecule has 0 unspecified atom stereocenters. The van der Waals surface area contributed by atoms with E-state index in [2.05, 4.69) is 6.58 Å². The summed E-state index contributed by atoms with van der Waals surface area (Å²) in [5.41, 5.74) is 0. The maximum atomic E-state index is 10.6. The molecular weight excluding hydrogens is 168 g/mol. The van der Waals surface area contributed by atoms with Crippen molar-refractivity contribution < 1.29 is 14.3 Å². The molecule has 72 valence electrons. The van der Waals surface area contributed by atoms with Crippen LogP contribution >= 0.6 is 0 Å². The molecule has 0 bridgehead atoms. The molecule has 3 heteroatoms. The Bertz CT molecular complexity index is 220. The van der Waals surface area contributed by atoms with Gasteiger partial charge in [-0.25, -0.2) is 0 Å². The van der Waals surface area contributed by atoms with E-state index in [1.165, 1.54) is 6.92 Å². The van der Waals surface area contributed by atoms with E-state index in [4.69, 9.17) is 9.47 Å². The first-order chi connectivity index (χ1) is 6.22. The van der Waals surface area contributed by atoms with Crippen LogP contribution in [0, 0.1) is 0 Å². The summed E-state index contributed by atoms with van der Waals surface area (Å²) in [6, 6.07) is 0. The average molecular weight is 182 g/mol. The molecule has 1 rings (SSSR count). The van der Waals surface area contributed by atoms with Crippen LogP contribution in [0.1, 0.15) is 13.3 Å². The molecule has 2 atom stereocenters. The minimum absolute atomic E-state index is 0.0873. The van der Waals surface area contributed by atoms with Crippen molar-refractivity contribution >= 4 is 5.97 Å². The second-order valence-electron chi connectivity index (χ2n) is 2.93. The van der Waals surface area contributed by atoms with E-state index in [9.17, 15) is 4.79 Å². The Hall–Kier alpha value is -1.09. The highest BCUT2D eigenvalue weighted by molar-refractivity contribution is 5.66. The van der Waals surface area contributed by atoms with Crippen LogP contribution in [0.25, 0.3) is 0 Å². The van der Waals surface area contributed by atoms with Crippen molar-refractivity contribution in [1.82, 2.24) is 0 Å². The average Bonchev–Trinajstić information content (AvgIpc) is 2.08. The van der Waals surface area contributed by atoms with Crippen LogP contribution in [-0.2, 0) is 14.3 Å². The third-order valence-corrected chi connectivity index (χ3v) is 1.73. The molecule has 0 saturated carbocycles. The van der Waals surface area contributed by atoms with Gasteiger partial charge in [-0.2, -0.15) is 0 Å². The number of hydrogen-bond donors (Lipinski definition) is 0. The monoisotopic (exact) mass is 182 g/mol. The molecule has 0 aromatic heterocycles. The first kappa shape index (κ1) is 9.99. The Morgan fingerprint density at radius 2 is 2.54 bits per heavy atom. The van der Waals surface area contributed by atoms with Gasteiger partial charge in [0.1, 0.15) is 6.10 Å². The molecule has 0 saturated heterocycles. The molecule has 0 aliphatic carbocycles. The highest BCUT2D eigenvalue weighted by atomic mass is 16.6. The van der Waals surface area contributed by atoms with Crippen molar-refractivity contribution in [2.24, 2.45) is 0 Å². The number of carbonyl (C=O) groups excluding carboxylic acids is 1. The summed E-state index contributed by atoms with van der Waals surface area (Å²) in [6.07, 6.45) is 6.23. The van der Waals surface area contributed by atoms with E-state index in [0.29, 0.717) is 6.61 Å². The van der Waals surface area contributed by atoms with Crippen LogP contribution < -0.4 is 0 Å². The fourth-order valence-corrected chi connectivity index (χ4v) is 1.17. The minimum Gasteiger partial charge on any atom is -0.456 e. The summed E-state index contributed by atoms with van der Waals surface area (Å²) >= 11 is 0. The molecule has 0 aromatic carbocycles. The van der Waals surface area contributed by atoms with Crippen LogP contribution in [-0.4, -0.2) is 24.8 Å². The lowest BCUT2D eigenvalue weighted by molar-refractivity contribution is -0.147. The first-order valence-electron chi connectivity index (χ1n) is 4.30. The Balaban J connectivity index is 2.37. The largest absolute Gasteiger partial charge is 0.456 e. The maximum absolute atomic E-state index is 10.6. The quantitative estimate of drug-likeness (QED) is 0.489. The van der Waals surface area contributed by atoms with E-state index >= 15 is 0 Å². The summed E-state index contributed by atoms with van der Waals surface area (Å²) in [6.45, 7) is 5.45. The summed E-state index contributed by atoms with van der Waals surface area (Å²) < 4.78 is 10.3. The summed E-state index contributed by atoms with van der Waals surface area (Å²) in [5.74, 6) is -0.277. The molecule has 0 aromatic rings. The van der Waals surface area contributed by atoms with Gasteiger partial charge in [-0.05, 0) is 12.5 Å². The third kappa shape index (κ3) is 3.42. The van der Waals surface area contributed by atoms with Crippen LogP contribution in [0.4, 0.5) is 0 Å². The number of rotatable bonds is 3. The van der Waals surface area contributed by atoms with Gasteiger partial charge >= 0.3 is 5.97 Å². The molecule has 0 radical (unpaired) electrons. The highest BCUT2D eigenvalue weighted by Gasteiger charge is 2.16. The van der Waals surface area contributed by atoms with Crippen LogP contribution in [0.5, 0.6) is 0 Å². The molecule has 3 nitrogen and oxygen atoms in total. The van der Waals surface area contributed by atoms with E-state index in [1.54, 1.807) is 6.08 Å². The van der Waals surface area contributed by atoms with Crippen LogP contribution in [0.15, 0.2) is 24.8 Å². The summed E-state index contributed by atoms with van der Waals surface area (Å²) in [4.78, 5) is 10.6. The smallest absolute Gasteiger partial charge is 0.303 e.